The third-order valence-electron chi connectivity index (χ3n) is 8.09. The van der Waals surface area contributed by atoms with Crippen molar-refractivity contribution >= 4 is 35.0 Å². The van der Waals surface area contributed by atoms with Gasteiger partial charge in [0.15, 0.2) is 0 Å². The smallest absolute Gasteiger partial charge is 0.247 e. The van der Waals surface area contributed by atoms with Crippen LogP contribution in [-0.4, -0.2) is 40.9 Å². The van der Waals surface area contributed by atoms with Gasteiger partial charge in [0.1, 0.15) is 11.6 Å². The minimum Gasteiger partial charge on any atom is -0.360 e. The number of hydrogen-bond donors (Lipinski definition) is 2. The first-order valence-electron chi connectivity index (χ1n) is 13.4. The van der Waals surface area contributed by atoms with Gasteiger partial charge in [-0.2, -0.15) is 0 Å². The summed E-state index contributed by atoms with van der Waals surface area (Å²) >= 11 is 6.12. The van der Waals surface area contributed by atoms with Crippen LogP contribution in [-0.2, 0) is 25.7 Å². The molecule has 1 spiro atoms. The van der Waals surface area contributed by atoms with Gasteiger partial charge >= 0.3 is 0 Å². The lowest BCUT2D eigenvalue weighted by molar-refractivity contribution is -0.153. The number of carbonyl (C=O) groups is 3. The molecule has 7 nitrogen and oxygen atoms in total. The van der Waals surface area contributed by atoms with Gasteiger partial charge in [-0.15, -0.1) is 0 Å². The SMILES string of the molecule is Cc1ccc(NC(=O)C2C3C=C[C@@]4(CNC(=O)C(c5ccc(C)cc5)N(Cc5ccc(Cl)cc5)C(=O)C24)O3)cc1. The zero-order valence-corrected chi connectivity index (χ0v) is 23.0. The van der Waals surface area contributed by atoms with Crippen molar-refractivity contribution in [2.45, 2.75) is 38.1 Å². The Labute approximate surface area is 238 Å². The number of hydrogen-bond acceptors (Lipinski definition) is 4. The van der Waals surface area contributed by atoms with Gasteiger partial charge in [0, 0.05) is 17.3 Å². The highest BCUT2D eigenvalue weighted by Crippen LogP contribution is 2.49. The van der Waals surface area contributed by atoms with E-state index in [-0.39, 0.29) is 30.8 Å². The van der Waals surface area contributed by atoms with Crippen LogP contribution in [0.1, 0.15) is 28.3 Å². The molecular formula is C32H30ClN3O4. The average molecular weight is 556 g/mol. The van der Waals surface area contributed by atoms with Gasteiger partial charge in [0.2, 0.25) is 17.7 Å². The summed E-state index contributed by atoms with van der Waals surface area (Å²) in [4.78, 5) is 43.7. The molecule has 0 aromatic heterocycles. The molecule has 4 unspecified atom stereocenters. The molecule has 3 heterocycles. The molecule has 0 radical (unpaired) electrons. The maximum Gasteiger partial charge on any atom is 0.247 e. The third-order valence-corrected chi connectivity index (χ3v) is 8.34. The van der Waals surface area contributed by atoms with E-state index in [1.54, 1.807) is 17.0 Å². The number of aryl methyl sites for hydroxylation is 2. The summed E-state index contributed by atoms with van der Waals surface area (Å²) in [5, 5.41) is 6.60. The Balaban J connectivity index is 1.41. The van der Waals surface area contributed by atoms with Gasteiger partial charge in [-0.3, -0.25) is 14.4 Å². The summed E-state index contributed by atoms with van der Waals surface area (Å²) in [6.07, 6.45) is 3.09. The average Bonchev–Trinajstić information content (AvgIpc) is 3.51. The van der Waals surface area contributed by atoms with E-state index in [4.69, 9.17) is 16.3 Å². The van der Waals surface area contributed by atoms with E-state index >= 15 is 0 Å². The Hall–Kier alpha value is -3.94. The summed E-state index contributed by atoms with van der Waals surface area (Å²) in [5.74, 6) is -2.48. The predicted octanol–water partition coefficient (Wildman–Crippen LogP) is 4.74. The Morgan fingerprint density at radius 3 is 2.33 bits per heavy atom. The van der Waals surface area contributed by atoms with Crippen LogP contribution in [0.15, 0.2) is 84.9 Å². The standard InChI is InChI=1S/C32H30ClN3O4/c1-19-3-9-22(10-4-19)28-30(38)34-18-32-16-15-25(40-32)26(29(37)35-24-13-5-20(2)6-14-24)27(32)31(39)36(28)17-21-7-11-23(33)12-8-21/h3-16,25-28H,17-18H2,1-2H3,(H,34,38)(H,35,37)/t25?,26?,27?,28?,32-/m0/s1. The Kier molecular flexibility index (Phi) is 6.72. The van der Waals surface area contributed by atoms with E-state index in [0.717, 1.165) is 16.7 Å². The molecule has 3 aliphatic heterocycles. The van der Waals surface area contributed by atoms with Crippen molar-refractivity contribution in [2.24, 2.45) is 11.8 Å². The molecule has 8 heteroatoms. The highest BCUT2D eigenvalue weighted by atomic mass is 35.5. The fourth-order valence-electron chi connectivity index (χ4n) is 5.99. The lowest BCUT2D eigenvalue weighted by atomic mass is 9.73. The Bertz CT molecular complexity index is 1490. The van der Waals surface area contributed by atoms with Crippen molar-refractivity contribution in [1.82, 2.24) is 10.2 Å². The van der Waals surface area contributed by atoms with Gasteiger partial charge < -0.3 is 20.3 Å². The van der Waals surface area contributed by atoms with Gasteiger partial charge in [0.25, 0.3) is 0 Å². The largest absolute Gasteiger partial charge is 0.360 e. The number of anilines is 1. The number of nitrogens with zero attached hydrogens (tertiary/aromatic N) is 1. The summed E-state index contributed by atoms with van der Waals surface area (Å²) in [5.41, 5.74) is 3.18. The zero-order chi connectivity index (χ0) is 28.0. The second-order valence-electron chi connectivity index (χ2n) is 10.9. The van der Waals surface area contributed by atoms with E-state index in [0.29, 0.717) is 16.3 Å². The molecule has 2 saturated heterocycles. The fourth-order valence-corrected chi connectivity index (χ4v) is 6.12. The van der Waals surface area contributed by atoms with E-state index < -0.39 is 29.6 Å². The summed E-state index contributed by atoms with van der Waals surface area (Å²) in [7, 11) is 0. The maximum atomic E-state index is 14.7. The number of benzene rings is 3. The minimum absolute atomic E-state index is 0.0979. The van der Waals surface area contributed by atoms with E-state index in [1.807, 2.05) is 86.7 Å². The number of ether oxygens (including phenoxy) is 1. The first kappa shape index (κ1) is 26.3. The van der Waals surface area contributed by atoms with Gasteiger partial charge in [-0.1, -0.05) is 83.4 Å². The number of halogens is 1. The van der Waals surface area contributed by atoms with Crippen molar-refractivity contribution in [3.05, 3.63) is 112 Å². The van der Waals surface area contributed by atoms with Crippen LogP contribution < -0.4 is 10.6 Å². The molecule has 3 amide bonds. The highest BCUT2D eigenvalue weighted by molar-refractivity contribution is 6.30. The van der Waals surface area contributed by atoms with E-state index in [2.05, 4.69) is 10.6 Å². The van der Waals surface area contributed by atoms with Gasteiger partial charge in [0.05, 0.1) is 24.5 Å². The zero-order valence-electron chi connectivity index (χ0n) is 22.3. The van der Waals surface area contributed by atoms with E-state index in [1.165, 1.54) is 0 Å². The minimum atomic E-state index is -1.11. The topological polar surface area (TPSA) is 87.7 Å². The molecule has 40 heavy (non-hydrogen) atoms. The lowest BCUT2D eigenvalue weighted by Crippen LogP contribution is -2.59. The first-order chi connectivity index (χ1) is 19.2. The van der Waals surface area contributed by atoms with Gasteiger partial charge in [-0.25, -0.2) is 0 Å². The normalized spacial score (nSPS) is 27.1. The Morgan fingerprint density at radius 1 is 1.00 bits per heavy atom. The van der Waals surface area contributed by atoms with Crippen LogP contribution in [0.4, 0.5) is 5.69 Å². The van der Waals surface area contributed by atoms with E-state index in [9.17, 15) is 14.4 Å². The number of rotatable bonds is 5. The summed E-state index contributed by atoms with van der Waals surface area (Å²) in [6, 6.07) is 21.4. The molecule has 3 aromatic carbocycles. The molecule has 0 saturated carbocycles. The van der Waals surface area contributed by atoms with Gasteiger partial charge in [-0.05, 0) is 49.2 Å². The van der Waals surface area contributed by atoms with Crippen molar-refractivity contribution < 1.29 is 19.1 Å². The second-order valence-corrected chi connectivity index (χ2v) is 11.3. The first-order valence-corrected chi connectivity index (χ1v) is 13.8. The molecular weight excluding hydrogens is 526 g/mol. The van der Waals surface area contributed by atoms with Crippen LogP contribution in [0.25, 0.3) is 0 Å². The third kappa shape index (κ3) is 4.69. The monoisotopic (exact) mass is 555 g/mol. The number of amides is 3. The molecule has 3 aromatic rings. The van der Waals surface area contributed by atoms with Crippen LogP contribution in [0.5, 0.6) is 0 Å². The molecule has 0 aliphatic carbocycles. The molecule has 2 bridgehead atoms. The van der Waals surface area contributed by atoms with Crippen molar-refractivity contribution in [1.29, 1.82) is 0 Å². The molecule has 2 fully saturated rings. The molecule has 204 valence electrons. The maximum absolute atomic E-state index is 14.7. The van der Waals surface area contributed by atoms with Crippen LogP contribution >= 0.6 is 11.6 Å². The second kappa shape index (κ2) is 10.2. The summed E-state index contributed by atoms with van der Waals surface area (Å²) < 4.78 is 6.33. The summed E-state index contributed by atoms with van der Waals surface area (Å²) in [6.45, 7) is 4.21. The van der Waals surface area contributed by atoms with Crippen molar-refractivity contribution in [2.75, 3.05) is 11.9 Å². The van der Waals surface area contributed by atoms with Crippen LogP contribution in [0.2, 0.25) is 5.02 Å². The number of fused-ring (bicyclic) bond motifs is 1. The Morgan fingerprint density at radius 2 is 1.65 bits per heavy atom. The number of nitrogens with one attached hydrogen (secondary N) is 2. The molecule has 5 atom stereocenters. The van der Waals surface area contributed by atoms with Crippen molar-refractivity contribution in [3.63, 3.8) is 0 Å². The fraction of sp³-hybridized carbons (Fsp3) is 0.281. The highest BCUT2D eigenvalue weighted by Gasteiger charge is 2.64. The van der Waals surface area contributed by atoms with Crippen molar-refractivity contribution in [3.8, 4) is 0 Å². The molecule has 6 rings (SSSR count). The number of carbonyl (C=O) groups excluding carboxylic acids is 3. The molecule has 2 N–H and O–H groups in total. The quantitative estimate of drug-likeness (QED) is 0.445. The van der Waals surface area contributed by atoms with Crippen LogP contribution in [0, 0.1) is 25.7 Å². The lowest BCUT2D eigenvalue weighted by Gasteiger charge is -2.42. The predicted molar refractivity (Wildman–Crippen MR) is 152 cm³/mol. The van der Waals surface area contributed by atoms with Crippen LogP contribution in [0.3, 0.4) is 0 Å². The molecule has 3 aliphatic rings.